The van der Waals surface area contributed by atoms with E-state index in [1.54, 1.807) is 40.0 Å². The van der Waals surface area contributed by atoms with Gasteiger partial charge in [0.1, 0.15) is 0 Å². The minimum absolute atomic E-state index is 0.0404. The second-order valence-corrected chi connectivity index (χ2v) is 7.53. The summed E-state index contributed by atoms with van der Waals surface area (Å²) in [5, 5.41) is 15.9. The van der Waals surface area contributed by atoms with Gasteiger partial charge in [-0.25, -0.2) is 8.78 Å². The van der Waals surface area contributed by atoms with Crippen LogP contribution in [0.2, 0.25) is 0 Å². The zero-order valence-electron chi connectivity index (χ0n) is 15.5. The number of benzene rings is 1. The average molecular weight is 399 g/mol. The smallest absolute Gasteiger partial charge is 0.254 e. The number of halogens is 2. The maximum atomic E-state index is 13.0. The molecule has 2 aromatic rings. The van der Waals surface area contributed by atoms with Crippen LogP contribution in [-0.2, 0) is 11.3 Å². The van der Waals surface area contributed by atoms with E-state index in [-0.39, 0.29) is 37.6 Å². The highest BCUT2D eigenvalue weighted by atomic mass is 19.3. The molecule has 2 amide bonds. The molecular weight excluding hydrogens is 380 g/mol. The molecule has 9 heteroatoms. The lowest BCUT2D eigenvalue weighted by molar-refractivity contribution is -0.130. The van der Waals surface area contributed by atoms with Gasteiger partial charge < -0.3 is 10.2 Å². The van der Waals surface area contributed by atoms with Gasteiger partial charge in [0.2, 0.25) is 5.91 Å². The van der Waals surface area contributed by atoms with Crippen LogP contribution >= 0.6 is 0 Å². The quantitative estimate of drug-likeness (QED) is 0.854. The molecule has 150 valence electrons. The Balaban J connectivity index is 1.46. The van der Waals surface area contributed by atoms with Gasteiger partial charge in [-0.05, 0) is 24.3 Å². The minimum Gasteiger partial charge on any atom is -0.353 e. The highest BCUT2D eigenvalue weighted by Gasteiger charge is 2.46. The molecule has 1 saturated carbocycles. The number of hydrogen-bond donors (Lipinski definition) is 1. The van der Waals surface area contributed by atoms with Gasteiger partial charge in [0.15, 0.2) is 0 Å². The van der Waals surface area contributed by atoms with Crippen molar-refractivity contribution >= 4 is 11.8 Å². The number of nitrogens with one attached hydrogen (secondary N) is 1. The van der Waals surface area contributed by atoms with E-state index in [9.17, 15) is 18.4 Å². The van der Waals surface area contributed by atoms with Gasteiger partial charge in [-0.1, -0.05) is 6.07 Å². The van der Waals surface area contributed by atoms with Crippen molar-refractivity contribution in [2.75, 3.05) is 6.54 Å². The molecule has 1 aromatic heterocycles. The Morgan fingerprint density at radius 3 is 2.83 bits per heavy atom. The van der Waals surface area contributed by atoms with E-state index in [0.717, 1.165) is 5.69 Å². The predicted molar refractivity (Wildman–Crippen MR) is 97.9 cm³/mol. The average Bonchev–Trinajstić information content (AvgIpc) is 3.15. The lowest BCUT2D eigenvalue weighted by Gasteiger charge is -2.37. The summed E-state index contributed by atoms with van der Waals surface area (Å²) in [6, 6.07) is 9.35. The molecule has 1 aliphatic heterocycles. The molecule has 2 aliphatic rings. The van der Waals surface area contributed by atoms with E-state index < -0.39 is 18.0 Å². The Labute approximate surface area is 165 Å². The van der Waals surface area contributed by atoms with Crippen LogP contribution in [0.5, 0.6) is 0 Å². The molecule has 7 nitrogen and oxygen atoms in total. The monoisotopic (exact) mass is 399 g/mol. The van der Waals surface area contributed by atoms with E-state index >= 15 is 0 Å². The molecule has 29 heavy (non-hydrogen) atoms. The third kappa shape index (κ3) is 3.97. The van der Waals surface area contributed by atoms with Crippen molar-refractivity contribution in [1.29, 1.82) is 5.26 Å². The number of carbonyl (C=O) groups excluding carboxylic acids is 2. The van der Waals surface area contributed by atoms with Gasteiger partial charge in [0, 0.05) is 37.2 Å². The molecule has 4 rings (SSSR count). The van der Waals surface area contributed by atoms with Crippen molar-refractivity contribution in [2.24, 2.45) is 0 Å². The molecule has 0 bridgehead atoms. The van der Waals surface area contributed by atoms with E-state index in [1.165, 1.54) is 6.07 Å². The Bertz CT molecular complexity index is 989. The fraction of sp³-hybridized carbons (Fsp3) is 0.400. The van der Waals surface area contributed by atoms with Crippen LogP contribution in [-0.4, -0.2) is 45.0 Å². The largest absolute Gasteiger partial charge is 0.353 e. The topological polar surface area (TPSA) is 91.0 Å². The van der Waals surface area contributed by atoms with Crippen LogP contribution in [0.25, 0.3) is 0 Å². The molecule has 0 spiro atoms. The van der Waals surface area contributed by atoms with Crippen LogP contribution in [0.3, 0.4) is 0 Å². The lowest BCUT2D eigenvalue weighted by Crippen LogP contribution is -2.51. The first-order valence-electron chi connectivity index (χ1n) is 9.34. The molecule has 1 aromatic carbocycles. The number of rotatable bonds is 4. The summed E-state index contributed by atoms with van der Waals surface area (Å²) in [5.41, 5.74) is 1.58. The number of nitrogens with zero attached hydrogens (tertiary/aromatic N) is 4. The highest BCUT2D eigenvalue weighted by molar-refractivity contribution is 5.94. The Morgan fingerprint density at radius 2 is 2.10 bits per heavy atom. The second-order valence-electron chi connectivity index (χ2n) is 7.53. The summed E-state index contributed by atoms with van der Waals surface area (Å²) in [7, 11) is 0. The van der Waals surface area contributed by atoms with Crippen LogP contribution in [0, 0.1) is 11.3 Å². The van der Waals surface area contributed by atoms with Crippen LogP contribution in [0.1, 0.15) is 46.9 Å². The first-order valence-corrected chi connectivity index (χ1v) is 9.34. The van der Waals surface area contributed by atoms with Gasteiger partial charge >= 0.3 is 0 Å². The van der Waals surface area contributed by atoms with Gasteiger partial charge in [-0.3, -0.25) is 14.3 Å². The third-order valence-electron chi connectivity index (χ3n) is 5.28. The van der Waals surface area contributed by atoms with Crippen molar-refractivity contribution in [2.45, 2.75) is 43.8 Å². The summed E-state index contributed by atoms with van der Waals surface area (Å²) in [5.74, 6) is -3.27. The molecule has 2 heterocycles. The zero-order chi connectivity index (χ0) is 20.6. The number of nitriles is 1. The fourth-order valence-corrected chi connectivity index (χ4v) is 3.86. The van der Waals surface area contributed by atoms with Crippen molar-refractivity contribution in [3.63, 3.8) is 0 Å². The van der Waals surface area contributed by atoms with Gasteiger partial charge in [0.25, 0.3) is 11.8 Å². The molecule has 0 saturated heterocycles. The molecule has 0 radical (unpaired) electrons. The second kappa shape index (κ2) is 7.28. The number of alkyl halides is 2. The molecule has 1 N–H and O–H groups in total. The molecule has 1 aliphatic carbocycles. The Kier molecular flexibility index (Phi) is 4.78. The summed E-state index contributed by atoms with van der Waals surface area (Å²) < 4.78 is 27.7. The highest BCUT2D eigenvalue weighted by Crippen LogP contribution is 2.37. The summed E-state index contributed by atoms with van der Waals surface area (Å²) in [6.07, 6.45) is 0.975. The summed E-state index contributed by atoms with van der Waals surface area (Å²) in [4.78, 5) is 26.9. The van der Waals surface area contributed by atoms with Crippen molar-refractivity contribution < 1.29 is 18.4 Å². The first kappa shape index (κ1) is 19.1. The molecular formula is C20H19F2N5O2. The van der Waals surface area contributed by atoms with E-state index in [4.69, 9.17) is 5.26 Å². The van der Waals surface area contributed by atoms with Gasteiger partial charge in [-0.15, -0.1) is 0 Å². The summed E-state index contributed by atoms with van der Waals surface area (Å²) in [6.45, 7) is 0.598. The number of aromatic nitrogens is 2. The number of amides is 2. The number of hydrogen-bond acceptors (Lipinski definition) is 4. The van der Waals surface area contributed by atoms with Crippen molar-refractivity contribution in [3.8, 4) is 6.07 Å². The predicted octanol–water partition coefficient (Wildman–Crippen LogP) is 2.26. The number of carbonyl (C=O) groups is 2. The minimum atomic E-state index is -2.70. The maximum absolute atomic E-state index is 13.0. The van der Waals surface area contributed by atoms with E-state index in [2.05, 4.69) is 10.4 Å². The zero-order valence-corrected chi connectivity index (χ0v) is 15.5. The lowest BCUT2D eigenvalue weighted by atomic mass is 9.88. The normalized spacial score (nSPS) is 20.3. The molecule has 1 atom stereocenters. The fourth-order valence-electron chi connectivity index (χ4n) is 3.86. The van der Waals surface area contributed by atoms with E-state index in [1.807, 2.05) is 6.07 Å². The summed E-state index contributed by atoms with van der Waals surface area (Å²) >= 11 is 0. The molecule has 1 fully saturated rings. The first-order chi connectivity index (χ1) is 13.8. The van der Waals surface area contributed by atoms with Crippen LogP contribution in [0.15, 0.2) is 36.5 Å². The third-order valence-corrected chi connectivity index (χ3v) is 5.28. The van der Waals surface area contributed by atoms with E-state index in [0.29, 0.717) is 17.7 Å². The molecule has 1 unspecified atom stereocenters. The maximum Gasteiger partial charge on any atom is 0.254 e. The van der Waals surface area contributed by atoms with Crippen molar-refractivity contribution in [1.82, 2.24) is 20.0 Å². The SMILES string of the molecule is N#Cc1cccc(C(=O)N2Cc3ccnn3C(CC(=O)NC3CC(F)(F)C3)C2)c1. The number of fused-ring (bicyclic) bond motifs is 1. The van der Waals surface area contributed by atoms with Crippen LogP contribution < -0.4 is 5.32 Å². The Hall–Kier alpha value is -3.28. The van der Waals surface area contributed by atoms with Crippen LogP contribution in [0.4, 0.5) is 8.78 Å². The Morgan fingerprint density at radius 1 is 1.31 bits per heavy atom. The standard InChI is InChI=1S/C20H19F2N5O2/c21-20(22)8-15(9-20)25-18(28)7-17-12-26(11-16-4-5-24-27(16)17)19(29)14-3-1-2-13(6-14)10-23/h1-6,15,17H,7-9,11-12H2,(H,25,28). The van der Waals surface area contributed by atoms with Gasteiger partial charge in [-0.2, -0.15) is 10.4 Å². The van der Waals surface area contributed by atoms with Crippen molar-refractivity contribution in [3.05, 3.63) is 53.3 Å². The van der Waals surface area contributed by atoms with Gasteiger partial charge in [0.05, 0.1) is 36.3 Å².